The van der Waals surface area contributed by atoms with Gasteiger partial charge in [-0.1, -0.05) is 55.5 Å². The van der Waals surface area contributed by atoms with E-state index in [9.17, 15) is 43.5 Å². The van der Waals surface area contributed by atoms with Crippen LogP contribution >= 0.6 is 0 Å². The number of ketones is 1. The summed E-state index contributed by atoms with van der Waals surface area (Å²) in [7, 11) is 0. The number of rotatable bonds is 17. The molecule has 0 heterocycles. The number of hydrogen-bond acceptors (Lipinski definition) is 9. The minimum Gasteiger partial charge on any atom is -0.480 e. The van der Waals surface area contributed by atoms with Crippen molar-refractivity contribution in [2.24, 2.45) is 0 Å². The summed E-state index contributed by atoms with van der Waals surface area (Å²) in [5.74, 6) is -5.65. The van der Waals surface area contributed by atoms with Gasteiger partial charge >= 0.3 is 12.1 Å². The summed E-state index contributed by atoms with van der Waals surface area (Å²) in [6, 6.07) is 15.5. The maximum Gasteiger partial charge on any atom is 0.407 e. The molecule has 1 aliphatic carbocycles. The fourth-order valence-corrected chi connectivity index (χ4v) is 4.81. The van der Waals surface area contributed by atoms with Crippen molar-refractivity contribution in [3.8, 4) is 11.1 Å². The van der Waals surface area contributed by atoms with Crippen LogP contribution in [0.1, 0.15) is 37.3 Å². The fraction of sp³-hybridized carbons (Fsp3) is 0.375. The van der Waals surface area contributed by atoms with Gasteiger partial charge in [-0.25, -0.2) is 4.79 Å². The Morgan fingerprint density at radius 1 is 0.688 bits per heavy atom. The summed E-state index contributed by atoms with van der Waals surface area (Å²) in [6.07, 6.45) is -0.808. The molecular formula is C32H38N6O10. The van der Waals surface area contributed by atoms with Crippen molar-refractivity contribution in [3.05, 3.63) is 59.7 Å². The molecule has 6 amide bonds. The first-order chi connectivity index (χ1) is 22.9. The van der Waals surface area contributed by atoms with Gasteiger partial charge in [0.25, 0.3) is 0 Å². The molecule has 0 unspecified atom stereocenters. The van der Waals surface area contributed by atoms with E-state index in [2.05, 4.69) is 21.3 Å². The van der Waals surface area contributed by atoms with E-state index >= 15 is 0 Å². The minimum absolute atomic E-state index is 0.0130. The van der Waals surface area contributed by atoms with Gasteiger partial charge in [-0.3, -0.25) is 33.6 Å². The van der Waals surface area contributed by atoms with Gasteiger partial charge in [0, 0.05) is 12.3 Å². The Morgan fingerprint density at radius 3 is 1.77 bits per heavy atom. The van der Waals surface area contributed by atoms with Crippen molar-refractivity contribution >= 4 is 47.4 Å². The summed E-state index contributed by atoms with van der Waals surface area (Å²) in [4.78, 5) is 98.6. The highest BCUT2D eigenvalue weighted by molar-refractivity contribution is 5.92. The van der Waals surface area contributed by atoms with E-state index < -0.39 is 74.3 Å². The molecule has 0 bridgehead atoms. The normalized spacial score (nSPS) is 11.3. The molecule has 1 aliphatic rings. The first kappa shape index (κ1) is 36.7. The molecule has 48 heavy (non-hydrogen) atoms. The molecule has 2 aromatic rings. The zero-order chi connectivity index (χ0) is 35.2. The Hall–Kier alpha value is -5.80. The number of alkyl carbamates (subject to hydrolysis) is 1. The number of benzene rings is 2. The highest BCUT2D eigenvalue weighted by Gasteiger charge is 2.29. The standard InChI is InChI=1S/C32H38N6O10/c1-3-26(40)36-19-38(16-28(42)33-12-20(2)39)30(44)13-34-27(41)15-37(17-31(45)46)29(43)14-35-32(47)48-18-25-23-10-6-4-8-21(23)22-9-5-7-11-24(22)25/h4-11,25H,3,12-19H2,1-2H3,(H,33,42)(H,34,41)(H,35,47)(H,36,40)(H,45,46). The molecule has 256 valence electrons. The highest BCUT2D eigenvalue weighted by atomic mass is 16.5. The Bertz CT molecular complexity index is 1520. The van der Waals surface area contributed by atoms with Crippen molar-refractivity contribution in [1.29, 1.82) is 0 Å². The third kappa shape index (κ3) is 10.9. The van der Waals surface area contributed by atoms with E-state index in [-0.39, 0.29) is 37.9 Å². The van der Waals surface area contributed by atoms with Crippen LogP contribution in [0.5, 0.6) is 0 Å². The second kappa shape index (κ2) is 17.8. The number of carboxylic acids is 1. The lowest BCUT2D eigenvalue weighted by Gasteiger charge is -2.23. The van der Waals surface area contributed by atoms with Gasteiger partial charge in [-0.15, -0.1) is 0 Å². The molecule has 0 aromatic heterocycles. The molecule has 0 fully saturated rings. The van der Waals surface area contributed by atoms with Gasteiger partial charge in [0.15, 0.2) is 0 Å². The van der Waals surface area contributed by atoms with Crippen LogP contribution < -0.4 is 21.3 Å². The van der Waals surface area contributed by atoms with E-state index in [0.29, 0.717) is 4.90 Å². The van der Waals surface area contributed by atoms with Crippen molar-refractivity contribution < 1.29 is 48.2 Å². The third-order valence-corrected chi connectivity index (χ3v) is 7.19. The van der Waals surface area contributed by atoms with Crippen LogP contribution in [0.3, 0.4) is 0 Å². The van der Waals surface area contributed by atoms with Crippen LogP contribution in [0.15, 0.2) is 48.5 Å². The average molecular weight is 667 g/mol. The van der Waals surface area contributed by atoms with E-state index in [4.69, 9.17) is 4.74 Å². The monoisotopic (exact) mass is 666 g/mol. The average Bonchev–Trinajstić information content (AvgIpc) is 3.38. The Labute approximate surface area is 276 Å². The van der Waals surface area contributed by atoms with E-state index in [1.807, 2.05) is 48.5 Å². The number of hydrogen-bond donors (Lipinski definition) is 5. The van der Waals surface area contributed by atoms with Crippen molar-refractivity contribution in [1.82, 2.24) is 31.1 Å². The molecule has 16 heteroatoms. The van der Waals surface area contributed by atoms with Crippen LogP contribution in [-0.4, -0.2) is 115 Å². The largest absolute Gasteiger partial charge is 0.480 e. The lowest BCUT2D eigenvalue weighted by molar-refractivity contribution is -0.145. The molecular weight excluding hydrogens is 628 g/mol. The molecule has 3 rings (SSSR count). The first-order valence-corrected chi connectivity index (χ1v) is 15.0. The van der Waals surface area contributed by atoms with Gasteiger partial charge in [-0.05, 0) is 29.2 Å². The van der Waals surface area contributed by atoms with Gasteiger partial charge < -0.3 is 40.9 Å². The summed E-state index contributed by atoms with van der Waals surface area (Å²) in [5, 5.41) is 18.6. The number of nitrogens with one attached hydrogen (secondary N) is 4. The number of Topliss-reactive ketones (excluding diaryl/α,β-unsaturated/α-hetero) is 1. The third-order valence-electron chi connectivity index (χ3n) is 7.19. The topological polar surface area (TPSA) is 221 Å². The number of ether oxygens (including phenoxy) is 1. The quantitative estimate of drug-likeness (QED) is 0.137. The van der Waals surface area contributed by atoms with Gasteiger partial charge in [0.1, 0.15) is 38.6 Å². The van der Waals surface area contributed by atoms with Crippen molar-refractivity contribution in [2.45, 2.75) is 26.2 Å². The molecule has 0 saturated carbocycles. The van der Waals surface area contributed by atoms with Crippen molar-refractivity contribution in [2.75, 3.05) is 52.5 Å². The molecule has 0 atom stereocenters. The predicted octanol–water partition coefficient (Wildman–Crippen LogP) is -0.428. The van der Waals surface area contributed by atoms with Gasteiger partial charge in [0.05, 0.1) is 19.8 Å². The molecule has 0 spiro atoms. The Kier molecular flexibility index (Phi) is 13.6. The summed E-state index contributed by atoms with van der Waals surface area (Å²) in [5.41, 5.74) is 4.05. The lowest BCUT2D eigenvalue weighted by atomic mass is 9.98. The van der Waals surface area contributed by atoms with E-state index in [1.165, 1.54) is 6.92 Å². The maximum absolute atomic E-state index is 12.8. The van der Waals surface area contributed by atoms with Crippen LogP contribution in [0.25, 0.3) is 11.1 Å². The first-order valence-electron chi connectivity index (χ1n) is 15.0. The minimum atomic E-state index is -1.43. The summed E-state index contributed by atoms with van der Waals surface area (Å²) >= 11 is 0. The van der Waals surface area contributed by atoms with Gasteiger partial charge in [0.2, 0.25) is 29.5 Å². The highest BCUT2D eigenvalue weighted by Crippen LogP contribution is 2.44. The van der Waals surface area contributed by atoms with Crippen LogP contribution in [0.4, 0.5) is 4.79 Å². The van der Waals surface area contributed by atoms with E-state index in [0.717, 1.165) is 27.2 Å². The second-order valence-corrected chi connectivity index (χ2v) is 10.8. The molecule has 5 N–H and O–H groups in total. The van der Waals surface area contributed by atoms with Crippen LogP contribution in [0, 0.1) is 0 Å². The number of carbonyl (C=O) groups is 8. The second-order valence-electron chi connectivity index (χ2n) is 10.8. The molecule has 0 saturated heterocycles. The lowest BCUT2D eigenvalue weighted by Crippen LogP contribution is -2.51. The van der Waals surface area contributed by atoms with Crippen LogP contribution in [-0.2, 0) is 38.3 Å². The number of amides is 6. The van der Waals surface area contributed by atoms with E-state index in [1.54, 1.807) is 6.92 Å². The maximum atomic E-state index is 12.8. The molecule has 16 nitrogen and oxygen atoms in total. The SMILES string of the molecule is CCC(=O)NCN(CC(=O)NCC(C)=O)C(=O)CNC(=O)CN(CC(=O)O)C(=O)CNC(=O)OCC1c2ccccc2-c2ccccc21. The molecule has 0 aliphatic heterocycles. The van der Waals surface area contributed by atoms with Gasteiger partial charge in [-0.2, -0.15) is 0 Å². The predicted molar refractivity (Wildman–Crippen MR) is 169 cm³/mol. The number of carboxylic acid groups (broad SMARTS) is 1. The van der Waals surface area contributed by atoms with Crippen LogP contribution in [0.2, 0.25) is 0 Å². The number of nitrogens with zero attached hydrogens (tertiary/aromatic N) is 2. The smallest absolute Gasteiger partial charge is 0.407 e. The zero-order valence-corrected chi connectivity index (χ0v) is 26.6. The summed E-state index contributed by atoms with van der Waals surface area (Å²) in [6.45, 7) is -1.30. The fourth-order valence-electron chi connectivity index (χ4n) is 4.81. The number of carbonyl (C=O) groups excluding carboxylic acids is 7. The zero-order valence-electron chi connectivity index (χ0n) is 26.6. The molecule has 2 aromatic carbocycles. The number of aliphatic carboxylic acids is 1. The number of fused-ring (bicyclic) bond motifs is 3. The summed E-state index contributed by atoms with van der Waals surface area (Å²) < 4.78 is 5.39. The Morgan fingerprint density at radius 2 is 1.21 bits per heavy atom. The molecule has 0 radical (unpaired) electrons. The van der Waals surface area contributed by atoms with Crippen molar-refractivity contribution in [3.63, 3.8) is 0 Å². The Balaban J connectivity index is 1.51.